The Hall–Kier alpha value is -2.34. The largest absolute Gasteiger partial charge is 0.494 e. The summed E-state index contributed by atoms with van der Waals surface area (Å²) in [6.45, 7) is 4.60. The maximum Gasteiger partial charge on any atom is 0.341 e. The molecule has 0 saturated carbocycles. The van der Waals surface area contributed by atoms with Crippen LogP contribution in [-0.4, -0.2) is 25.1 Å². The van der Waals surface area contributed by atoms with Gasteiger partial charge in [-0.25, -0.2) is 4.79 Å². The van der Waals surface area contributed by atoms with E-state index in [1.54, 1.807) is 6.92 Å². The van der Waals surface area contributed by atoms with Crippen molar-refractivity contribution in [1.29, 1.82) is 0 Å². The van der Waals surface area contributed by atoms with Gasteiger partial charge < -0.3 is 14.8 Å². The van der Waals surface area contributed by atoms with E-state index in [-0.39, 0.29) is 11.9 Å². The van der Waals surface area contributed by atoms with Crippen LogP contribution in [0.4, 0.5) is 5.00 Å². The first-order valence-corrected chi connectivity index (χ1v) is 10.2. The fourth-order valence-electron chi connectivity index (χ4n) is 3.23. The molecule has 0 fully saturated rings. The van der Waals surface area contributed by atoms with Crippen LogP contribution < -0.4 is 10.1 Å². The number of hydrogen-bond donors (Lipinski definition) is 1. The van der Waals surface area contributed by atoms with Crippen molar-refractivity contribution < 1.29 is 19.1 Å². The monoisotopic (exact) mass is 387 g/mol. The average molecular weight is 388 g/mol. The lowest BCUT2D eigenvalue weighted by Gasteiger charge is -2.09. The summed E-state index contributed by atoms with van der Waals surface area (Å²) in [7, 11) is 0. The number of aryl methyl sites for hydroxylation is 2. The first-order chi connectivity index (χ1) is 13.1. The quantitative estimate of drug-likeness (QED) is 0.534. The topological polar surface area (TPSA) is 64.6 Å². The molecule has 0 radical (unpaired) electrons. The number of benzene rings is 1. The molecular formula is C21H25NO4S. The van der Waals surface area contributed by atoms with Crippen molar-refractivity contribution in [2.75, 3.05) is 18.5 Å². The zero-order valence-corrected chi connectivity index (χ0v) is 16.6. The molecule has 1 aromatic heterocycles. The van der Waals surface area contributed by atoms with Gasteiger partial charge in [0, 0.05) is 11.3 Å². The average Bonchev–Trinajstić information content (AvgIpc) is 3.19. The van der Waals surface area contributed by atoms with Gasteiger partial charge in [-0.2, -0.15) is 0 Å². The summed E-state index contributed by atoms with van der Waals surface area (Å²) in [4.78, 5) is 25.8. The van der Waals surface area contributed by atoms with Gasteiger partial charge in [-0.3, -0.25) is 4.79 Å². The van der Waals surface area contributed by atoms with Crippen molar-refractivity contribution in [2.45, 2.75) is 46.0 Å². The fourth-order valence-corrected chi connectivity index (χ4v) is 4.52. The third kappa shape index (κ3) is 4.89. The van der Waals surface area contributed by atoms with Gasteiger partial charge in [-0.15, -0.1) is 11.3 Å². The molecule has 1 amide bonds. The summed E-state index contributed by atoms with van der Waals surface area (Å²) in [5.41, 5.74) is 2.75. The first-order valence-electron chi connectivity index (χ1n) is 9.39. The molecule has 5 nitrogen and oxygen atoms in total. The van der Waals surface area contributed by atoms with Crippen LogP contribution in [0.25, 0.3) is 0 Å². The van der Waals surface area contributed by atoms with Crippen LogP contribution >= 0.6 is 11.3 Å². The van der Waals surface area contributed by atoms with Crippen LogP contribution in [0.5, 0.6) is 5.75 Å². The number of carbonyl (C=O) groups is 2. The standard InChI is InChI=1S/C21H25NO4S/c1-3-25-21(24)19-16-9-5-10-17(16)27-20(19)22-18(23)11-6-12-26-15-8-4-7-14(2)13-15/h4,7-8,13H,3,5-6,9-12H2,1-2H3,(H,22,23). The molecule has 1 heterocycles. The van der Waals surface area contributed by atoms with Crippen molar-refractivity contribution in [3.05, 3.63) is 45.8 Å². The highest BCUT2D eigenvalue weighted by molar-refractivity contribution is 7.17. The minimum absolute atomic E-state index is 0.103. The van der Waals surface area contributed by atoms with Gasteiger partial charge in [0.05, 0.1) is 18.8 Å². The SMILES string of the molecule is CCOC(=O)c1c(NC(=O)CCCOc2cccc(C)c2)sc2c1CCC2. The Bertz CT molecular complexity index is 828. The van der Waals surface area contributed by atoms with E-state index in [1.807, 2.05) is 31.2 Å². The van der Waals surface area contributed by atoms with Crippen molar-refractivity contribution in [1.82, 2.24) is 0 Å². The van der Waals surface area contributed by atoms with Crippen LogP contribution in [0, 0.1) is 6.92 Å². The normalized spacial score (nSPS) is 12.5. The molecule has 2 aromatic rings. The van der Waals surface area contributed by atoms with Gasteiger partial charge >= 0.3 is 5.97 Å². The maximum atomic E-state index is 12.3. The summed E-state index contributed by atoms with van der Waals surface area (Å²) >= 11 is 1.50. The second kappa shape index (κ2) is 9.04. The van der Waals surface area contributed by atoms with Gasteiger partial charge in [0.2, 0.25) is 5.91 Å². The lowest BCUT2D eigenvalue weighted by molar-refractivity contribution is -0.116. The second-order valence-corrected chi connectivity index (χ2v) is 7.70. The van der Waals surface area contributed by atoms with E-state index >= 15 is 0 Å². The molecule has 0 unspecified atom stereocenters. The molecular weight excluding hydrogens is 362 g/mol. The smallest absolute Gasteiger partial charge is 0.341 e. The van der Waals surface area contributed by atoms with Gasteiger partial charge in [0.15, 0.2) is 0 Å². The highest BCUT2D eigenvalue weighted by atomic mass is 32.1. The van der Waals surface area contributed by atoms with Crippen LogP contribution in [-0.2, 0) is 22.4 Å². The Morgan fingerprint density at radius 3 is 2.89 bits per heavy atom. The van der Waals surface area contributed by atoms with E-state index in [0.29, 0.717) is 36.6 Å². The Balaban J connectivity index is 1.54. The number of esters is 1. The van der Waals surface area contributed by atoms with Crippen LogP contribution in [0.3, 0.4) is 0 Å². The number of fused-ring (bicyclic) bond motifs is 1. The van der Waals surface area contributed by atoms with Crippen molar-refractivity contribution in [3.63, 3.8) is 0 Å². The molecule has 144 valence electrons. The van der Waals surface area contributed by atoms with E-state index in [2.05, 4.69) is 5.32 Å². The number of nitrogens with one attached hydrogen (secondary N) is 1. The molecule has 0 atom stereocenters. The fraction of sp³-hybridized carbons (Fsp3) is 0.429. The summed E-state index contributed by atoms with van der Waals surface area (Å²) in [5.74, 6) is 0.373. The molecule has 0 aliphatic heterocycles. The molecule has 27 heavy (non-hydrogen) atoms. The van der Waals surface area contributed by atoms with E-state index in [4.69, 9.17) is 9.47 Å². The van der Waals surface area contributed by atoms with Gasteiger partial charge in [-0.1, -0.05) is 12.1 Å². The van der Waals surface area contributed by atoms with Gasteiger partial charge in [0.1, 0.15) is 10.8 Å². The maximum absolute atomic E-state index is 12.3. The molecule has 1 aliphatic carbocycles. The predicted octanol–water partition coefficient (Wildman–Crippen LogP) is 4.52. The van der Waals surface area contributed by atoms with Crippen molar-refractivity contribution >= 4 is 28.2 Å². The minimum atomic E-state index is -0.338. The van der Waals surface area contributed by atoms with Gasteiger partial charge in [0.25, 0.3) is 0 Å². The molecule has 0 spiro atoms. The van der Waals surface area contributed by atoms with Crippen LogP contribution in [0.2, 0.25) is 0 Å². The van der Waals surface area contributed by atoms with E-state index in [0.717, 1.165) is 36.1 Å². The summed E-state index contributed by atoms with van der Waals surface area (Å²) in [6.07, 6.45) is 3.85. The highest BCUT2D eigenvalue weighted by Crippen LogP contribution is 2.39. The number of hydrogen-bond acceptors (Lipinski definition) is 5. The van der Waals surface area contributed by atoms with Gasteiger partial charge in [-0.05, 0) is 62.8 Å². The van der Waals surface area contributed by atoms with Crippen molar-refractivity contribution in [2.24, 2.45) is 0 Å². The number of thiophene rings is 1. The third-order valence-electron chi connectivity index (χ3n) is 4.46. The Morgan fingerprint density at radius 2 is 2.11 bits per heavy atom. The molecule has 0 bridgehead atoms. The van der Waals surface area contributed by atoms with Crippen molar-refractivity contribution in [3.8, 4) is 5.75 Å². The Labute approximate surface area is 163 Å². The highest BCUT2D eigenvalue weighted by Gasteiger charge is 2.28. The minimum Gasteiger partial charge on any atom is -0.494 e. The summed E-state index contributed by atoms with van der Waals surface area (Å²) < 4.78 is 10.9. The Kier molecular flexibility index (Phi) is 6.50. The lowest BCUT2D eigenvalue weighted by Crippen LogP contribution is -2.15. The zero-order chi connectivity index (χ0) is 19.2. The van der Waals surface area contributed by atoms with Crippen LogP contribution in [0.15, 0.2) is 24.3 Å². The first kappa shape index (κ1) is 19.4. The zero-order valence-electron chi connectivity index (χ0n) is 15.8. The van der Waals surface area contributed by atoms with E-state index in [9.17, 15) is 9.59 Å². The third-order valence-corrected chi connectivity index (χ3v) is 5.67. The van der Waals surface area contributed by atoms with E-state index < -0.39 is 0 Å². The van der Waals surface area contributed by atoms with E-state index in [1.165, 1.54) is 16.2 Å². The van der Waals surface area contributed by atoms with Crippen LogP contribution in [0.1, 0.15) is 52.5 Å². The number of ether oxygens (including phenoxy) is 2. The number of anilines is 1. The summed E-state index contributed by atoms with van der Waals surface area (Å²) in [6, 6.07) is 7.84. The Morgan fingerprint density at radius 1 is 1.26 bits per heavy atom. The molecule has 1 N–H and O–H groups in total. The molecule has 0 saturated heterocycles. The predicted molar refractivity (Wildman–Crippen MR) is 107 cm³/mol. The molecule has 1 aliphatic rings. The number of rotatable bonds is 8. The molecule has 6 heteroatoms. The molecule has 1 aromatic carbocycles. The second-order valence-electron chi connectivity index (χ2n) is 6.60. The number of carbonyl (C=O) groups excluding carboxylic acids is 2. The number of amides is 1. The molecule has 3 rings (SSSR count). The summed E-state index contributed by atoms with van der Waals surface area (Å²) in [5, 5.41) is 3.54. The lowest BCUT2D eigenvalue weighted by atomic mass is 10.1.